The summed E-state index contributed by atoms with van der Waals surface area (Å²) in [5.74, 6) is -4.32. The van der Waals surface area contributed by atoms with Gasteiger partial charge in [0.15, 0.2) is 5.79 Å². The zero-order chi connectivity index (χ0) is 24.7. The highest BCUT2D eigenvalue weighted by molar-refractivity contribution is 5.96. The standard InChI is InChI=1S/C25H32O8/c1-7-13(2)22(28)31-12-18-20-17(15(4)16(5)21(26)27)10-14(3)25(30)9-8-24(6,33-25)11-19(20)32-23(18)29/h7,11,14,17,30H,8-10,12H2,1-6H3,(H,26,27)/b13-7+,16-15+,19-11+/t14-,17+,24?,25?/m1/s1. The predicted octanol–water partition coefficient (Wildman–Crippen LogP) is 3.57. The van der Waals surface area contributed by atoms with Crippen LogP contribution in [0.25, 0.3) is 0 Å². The largest absolute Gasteiger partial charge is 0.478 e. The number of rotatable bonds is 5. The molecule has 8 nitrogen and oxygen atoms in total. The highest BCUT2D eigenvalue weighted by Gasteiger charge is 2.51. The molecular formula is C25H32O8. The van der Waals surface area contributed by atoms with E-state index >= 15 is 0 Å². The van der Waals surface area contributed by atoms with Gasteiger partial charge in [-0.2, -0.15) is 0 Å². The van der Waals surface area contributed by atoms with Crippen molar-refractivity contribution in [2.24, 2.45) is 11.8 Å². The molecule has 0 aromatic heterocycles. The molecule has 33 heavy (non-hydrogen) atoms. The molecule has 1 fully saturated rings. The van der Waals surface area contributed by atoms with Crippen molar-refractivity contribution in [1.82, 2.24) is 0 Å². The van der Waals surface area contributed by atoms with Crippen molar-refractivity contribution < 1.29 is 38.8 Å². The molecule has 0 aliphatic carbocycles. The average Bonchev–Trinajstić information content (AvgIpc) is 3.24. The van der Waals surface area contributed by atoms with Gasteiger partial charge in [0.2, 0.25) is 0 Å². The summed E-state index contributed by atoms with van der Waals surface area (Å²) in [5, 5.41) is 20.8. The molecule has 2 unspecified atom stereocenters. The van der Waals surface area contributed by atoms with E-state index in [0.717, 1.165) is 0 Å². The molecule has 3 aliphatic rings. The third-order valence-corrected chi connectivity index (χ3v) is 7.11. The molecule has 0 saturated carbocycles. The van der Waals surface area contributed by atoms with Crippen LogP contribution in [0.2, 0.25) is 0 Å². The summed E-state index contributed by atoms with van der Waals surface area (Å²) in [7, 11) is 0. The zero-order valence-electron chi connectivity index (χ0n) is 20.0. The Labute approximate surface area is 193 Å². The first-order valence-corrected chi connectivity index (χ1v) is 11.1. The Morgan fingerprint density at radius 2 is 1.94 bits per heavy atom. The van der Waals surface area contributed by atoms with Gasteiger partial charge in [0.05, 0.1) is 11.2 Å². The van der Waals surface area contributed by atoms with Crippen molar-refractivity contribution in [3.05, 3.63) is 45.8 Å². The van der Waals surface area contributed by atoms with Gasteiger partial charge in [-0.05, 0) is 53.5 Å². The molecule has 0 aromatic rings. The summed E-state index contributed by atoms with van der Waals surface area (Å²) in [5.41, 5.74) is 0.863. The SMILES string of the molecule is C/C=C(\C)C(=O)OCC1=C2/C(=C\C3(C)CCC(O)(O3)[C@H](C)C[C@H]2/C(C)=C(\C)C(=O)O)OC1=O. The number of carbonyl (C=O) groups is 3. The zero-order valence-corrected chi connectivity index (χ0v) is 20.0. The van der Waals surface area contributed by atoms with Crippen LogP contribution in [-0.4, -0.2) is 46.1 Å². The van der Waals surface area contributed by atoms with E-state index in [1.807, 2.05) is 13.8 Å². The van der Waals surface area contributed by atoms with Crippen molar-refractivity contribution in [3.63, 3.8) is 0 Å². The van der Waals surface area contributed by atoms with E-state index in [-0.39, 0.29) is 29.4 Å². The fraction of sp³-hybridized carbons (Fsp3) is 0.560. The van der Waals surface area contributed by atoms with Crippen LogP contribution < -0.4 is 0 Å². The van der Waals surface area contributed by atoms with Gasteiger partial charge in [0, 0.05) is 35.0 Å². The molecule has 1 saturated heterocycles. The summed E-state index contributed by atoms with van der Waals surface area (Å²) >= 11 is 0. The van der Waals surface area contributed by atoms with Gasteiger partial charge < -0.3 is 24.4 Å². The fourth-order valence-corrected chi connectivity index (χ4v) is 4.61. The van der Waals surface area contributed by atoms with Crippen LogP contribution >= 0.6 is 0 Å². The second-order valence-electron chi connectivity index (χ2n) is 9.40. The Morgan fingerprint density at radius 3 is 2.55 bits per heavy atom. The lowest BCUT2D eigenvalue weighted by Crippen LogP contribution is -2.39. The van der Waals surface area contributed by atoms with Gasteiger partial charge in [0.25, 0.3) is 0 Å². The van der Waals surface area contributed by atoms with Crippen molar-refractivity contribution in [1.29, 1.82) is 0 Å². The monoisotopic (exact) mass is 460 g/mol. The van der Waals surface area contributed by atoms with Gasteiger partial charge in [0.1, 0.15) is 12.4 Å². The molecule has 3 heterocycles. The number of allylic oxidation sites excluding steroid dienone is 3. The summed E-state index contributed by atoms with van der Waals surface area (Å²) in [4.78, 5) is 36.9. The summed E-state index contributed by atoms with van der Waals surface area (Å²) < 4.78 is 17.0. The highest BCUT2D eigenvalue weighted by Crippen LogP contribution is 2.50. The number of carboxylic acid groups (broad SMARTS) is 1. The molecule has 0 radical (unpaired) electrons. The number of hydrogen-bond acceptors (Lipinski definition) is 7. The topological polar surface area (TPSA) is 119 Å². The number of carbonyl (C=O) groups excluding carboxylic acids is 2. The number of hydrogen-bond donors (Lipinski definition) is 2. The highest BCUT2D eigenvalue weighted by atomic mass is 16.6. The maximum Gasteiger partial charge on any atom is 0.343 e. The number of ether oxygens (including phenoxy) is 3. The van der Waals surface area contributed by atoms with Crippen molar-refractivity contribution in [2.45, 2.75) is 72.2 Å². The lowest BCUT2D eigenvalue weighted by molar-refractivity contribution is -0.237. The third kappa shape index (κ3) is 4.68. The molecule has 2 N–H and O–H groups in total. The van der Waals surface area contributed by atoms with E-state index in [0.29, 0.717) is 36.0 Å². The maximum atomic E-state index is 12.9. The Kier molecular flexibility index (Phi) is 6.73. The number of esters is 2. The molecule has 2 bridgehead atoms. The predicted molar refractivity (Wildman–Crippen MR) is 119 cm³/mol. The van der Waals surface area contributed by atoms with Crippen LogP contribution in [0.1, 0.15) is 60.8 Å². The molecule has 4 atom stereocenters. The molecular weight excluding hydrogens is 428 g/mol. The third-order valence-electron chi connectivity index (χ3n) is 7.11. The molecule has 180 valence electrons. The minimum Gasteiger partial charge on any atom is -0.478 e. The Morgan fingerprint density at radius 1 is 1.27 bits per heavy atom. The number of aliphatic carboxylic acids is 1. The molecule has 0 aromatic carbocycles. The van der Waals surface area contributed by atoms with Crippen LogP contribution in [-0.2, 0) is 28.6 Å². The minimum atomic E-state index is -1.39. The van der Waals surface area contributed by atoms with E-state index in [1.54, 1.807) is 32.9 Å². The minimum absolute atomic E-state index is 0.142. The summed E-state index contributed by atoms with van der Waals surface area (Å²) in [6.07, 6.45) is 4.54. The normalized spacial score (nSPS) is 34.3. The number of aliphatic hydroxyl groups is 1. The summed E-state index contributed by atoms with van der Waals surface area (Å²) in [6, 6.07) is 0. The lowest BCUT2D eigenvalue weighted by Gasteiger charge is -2.33. The van der Waals surface area contributed by atoms with Crippen LogP contribution in [0.5, 0.6) is 0 Å². The average molecular weight is 461 g/mol. The van der Waals surface area contributed by atoms with Crippen LogP contribution in [0.3, 0.4) is 0 Å². The van der Waals surface area contributed by atoms with E-state index < -0.39 is 35.2 Å². The fourth-order valence-electron chi connectivity index (χ4n) is 4.61. The molecule has 8 heteroatoms. The van der Waals surface area contributed by atoms with Crippen LogP contribution in [0, 0.1) is 11.8 Å². The lowest BCUT2D eigenvalue weighted by atomic mass is 9.76. The van der Waals surface area contributed by atoms with Gasteiger partial charge in [-0.25, -0.2) is 14.4 Å². The van der Waals surface area contributed by atoms with Gasteiger partial charge >= 0.3 is 17.9 Å². The van der Waals surface area contributed by atoms with Gasteiger partial charge in [-0.1, -0.05) is 18.6 Å². The Hall–Kier alpha value is -2.71. The number of carboxylic acids is 1. The smallest absolute Gasteiger partial charge is 0.343 e. The molecule has 3 aliphatic heterocycles. The van der Waals surface area contributed by atoms with Crippen molar-refractivity contribution in [3.8, 4) is 0 Å². The van der Waals surface area contributed by atoms with Crippen molar-refractivity contribution in [2.75, 3.05) is 6.61 Å². The Balaban J connectivity index is 2.19. The Bertz CT molecular complexity index is 1010. The number of fused-ring (bicyclic) bond motifs is 3. The van der Waals surface area contributed by atoms with Crippen LogP contribution in [0.15, 0.2) is 45.8 Å². The summed E-state index contributed by atoms with van der Waals surface area (Å²) in [6.45, 7) is 9.88. The van der Waals surface area contributed by atoms with Gasteiger partial charge in [-0.3, -0.25) is 0 Å². The first kappa shape index (κ1) is 24.9. The first-order valence-electron chi connectivity index (χ1n) is 11.1. The van der Waals surface area contributed by atoms with E-state index in [2.05, 4.69) is 0 Å². The molecule has 3 rings (SSSR count). The molecule has 0 amide bonds. The first-order chi connectivity index (χ1) is 15.3. The van der Waals surface area contributed by atoms with Crippen LogP contribution in [0.4, 0.5) is 0 Å². The quantitative estimate of drug-likeness (QED) is 0.472. The second-order valence-corrected chi connectivity index (χ2v) is 9.40. The second kappa shape index (κ2) is 8.91. The van der Waals surface area contributed by atoms with E-state index in [4.69, 9.17) is 14.2 Å². The van der Waals surface area contributed by atoms with E-state index in [1.165, 1.54) is 6.92 Å². The van der Waals surface area contributed by atoms with Gasteiger partial charge in [-0.15, -0.1) is 0 Å². The molecule has 0 spiro atoms. The van der Waals surface area contributed by atoms with Crippen molar-refractivity contribution >= 4 is 17.9 Å². The van der Waals surface area contributed by atoms with E-state index in [9.17, 15) is 24.6 Å². The maximum absolute atomic E-state index is 12.9.